The van der Waals surface area contributed by atoms with Gasteiger partial charge in [0.15, 0.2) is 5.82 Å². The highest BCUT2D eigenvalue weighted by atomic mass is 32.1. The maximum atomic E-state index is 13.1. The Morgan fingerprint density at radius 2 is 2.00 bits per heavy atom. The molecule has 0 bridgehead atoms. The Bertz CT molecular complexity index is 912. The van der Waals surface area contributed by atoms with Gasteiger partial charge in [-0.1, -0.05) is 26.0 Å². The highest BCUT2D eigenvalue weighted by molar-refractivity contribution is 7.09. The van der Waals surface area contributed by atoms with Crippen molar-refractivity contribution in [3.8, 4) is 17.5 Å². The minimum Gasteiger partial charge on any atom is -0.359 e. The Morgan fingerprint density at radius 3 is 2.72 bits per heavy atom. The lowest BCUT2D eigenvalue weighted by Gasteiger charge is -2.25. The summed E-state index contributed by atoms with van der Waals surface area (Å²) in [6, 6.07) is 10.3. The maximum absolute atomic E-state index is 13.1. The number of aromatic nitrogens is 3. The lowest BCUT2D eigenvalue weighted by molar-refractivity contribution is 0.553. The monoisotopic (exact) mass is 353 g/mol. The molecule has 5 nitrogen and oxygen atoms in total. The summed E-state index contributed by atoms with van der Waals surface area (Å²) >= 11 is 1.25. The van der Waals surface area contributed by atoms with E-state index >= 15 is 0 Å². The van der Waals surface area contributed by atoms with Gasteiger partial charge in [0.05, 0.1) is 5.56 Å². The Kier molecular flexibility index (Phi) is 4.72. The van der Waals surface area contributed by atoms with E-state index in [0.29, 0.717) is 28.6 Å². The molecule has 1 aromatic carbocycles. The summed E-state index contributed by atoms with van der Waals surface area (Å²) in [5.41, 5.74) is 2.03. The molecule has 0 fully saturated rings. The Morgan fingerprint density at radius 1 is 1.24 bits per heavy atom. The second-order valence-corrected chi connectivity index (χ2v) is 6.99. The van der Waals surface area contributed by atoms with Crippen LogP contribution >= 0.6 is 11.5 Å². The Hall–Kier alpha value is -2.85. The van der Waals surface area contributed by atoms with Gasteiger partial charge >= 0.3 is 0 Å². The first-order chi connectivity index (χ1) is 12.0. The molecular formula is C18H16FN5S. The quantitative estimate of drug-likeness (QED) is 0.750. The van der Waals surface area contributed by atoms with Crippen molar-refractivity contribution in [1.29, 1.82) is 5.26 Å². The molecule has 0 radical (unpaired) electrons. The number of nitriles is 1. The van der Waals surface area contributed by atoms with Crippen LogP contribution in [0.15, 0.2) is 42.7 Å². The number of rotatable bonds is 5. The number of halogens is 1. The SMILES string of the molecule is CC(C)(CNc1nc(-c2cncc(C#N)c2)ns1)c1ccc(F)cc1. The molecule has 2 aromatic heterocycles. The first-order valence-electron chi connectivity index (χ1n) is 7.67. The smallest absolute Gasteiger partial charge is 0.202 e. The fourth-order valence-corrected chi connectivity index (χ4v) is 2.92. The molecule has 2 heterocycles. The van der Waals surface area contributed by atoms with Crippen LogP contribution in [0.5, 0.6) is 0 Å². The van der Waals surface area contributed by atoms with Crippen LogP contribution in [0.1, 0.15) is 25.0 Å². The molecule has 0 saturated heterocycles. The topological polar surface area (TPSA) is 74.5 Å². The normalized spacial score (nSPS) is 11.1. The number of nitrogens with zero attached hydrogens (tertiary/aromatic N) is 4. The summed E-state index contributed by atoms with van der Waals surface area (Å²) in [4.78, 5) is 8.48. The highest BCUT2D eigenvalue weighted by Gasteiger charge is 2.21. The van der Waals surface area contributed by atoms with E-state index in [1.54, 1.807) is 24.4 Å². The predicted octanol–water partition coefficient (Wildman–Crippen LogP) is 4.00. The molecular weight excluding hydrogens is 337 g/mol. The molecule has 0 aliphatic heterocycles. The molecule has 1 N–H and O–H groups in total. The zero-order chi connectivity index (χ0) is 17.9. The molecule has 0 spiro atoms. The average molecular weight is 353 g/mol. The van der Waals surface area contributed by atoms with Gasteiger partial charge in [-0.05, 0) is 23.8 Å². The van der Waals surface area contributed by atoms with Crippen LogP contribution in [0, 0.1) is 17.1 Å². The van der Waals surface area contributed by atoms with Gasteiger partial charge in [0.25, 0.3) is 0 Å². The standard InChI is InChI=1S/C18H16FN5S/c1-18(2,14-3-5-15(19)6-4-14)11-22-17-23-16(24-25-17)13-7-12(8-20)9-21-10-13/h3-7,9-10H,11H2,1-2H3,(H,22,23,24). The first-order valence-corrected chi connectivity index (χ1v) is 8.44. The van der Waals surface area contributed by atoms with Crippen LogP contribution in [-0.2, 0) is 5.41 Å². The number of nitrogens with one attached hydrogen (secondary N) is 1. The van der Waals surface area contributed by atoms with Crippen molar-refractivity contribution in [1.82, 2.24) is 14.3 Å². The Labute approximate surface area is 149 Å². The second kappa shape index (κ2) is 6.95. The van der Waals surface area contributed by atoms with E-state index in [1.165, 1.54) is 29.9 Å². The number of hydrogen-bond donors (Lipinski definition) is 1. The fraction of sp³-hybridized carbons (Fsp3) is 0.222. The molecule has 0 amide bonds. The molecule has 0 saturated carbocycles. The number of hydrogen-bond acceptors (Lipinski definition) is 6. The molecule has 126 valence electrons. The van der Waals surface area contributed by atoms with Gasteiger partial charge in [0.2, 0.25) is 5.13 Å². The number of benzene rings is 1. The summed E-state index contributed by atoms with van der Waals surface area (Å²) in [5, 5.41) is 12.9. The minimum atomic E-state index is -0.241. The lowest BCUT2D eigenvalue weighted by Crippen LogP contribution is -2.27. The Balaban J connectivity index is 1.71. The summed E-state index contributed by atoms with van der Waals surface area (Å²) in [5.74, 6) is 0.297. The van der Waals surface area contributed by atoms with E-state index in [0.717, 1.165) is 5.56 Å². The summed E-state index contributed by atoms with van der Waals surface area (Å²) in [6.07, 6.45) is 3.13. The zero-order valence-corrected chi connectivity index (χ0v) is 14.6. The van der Waals surface area contributed by atoms with Crippen molar-refractivity contribution in [2.45, 2.75) is 19.3 Å². The van der Waals surface area contributed by atoms with Crippen LogP contribution in [0.3, 0.4) is 0 Å². The third-order valence-electron chi connectivity index (χ3n) is 3.86. The van der Waals surface area contributed by atoms with Crippen molar-refractivity contribution < 1.29 is 4.39 Å². The fourth-order valence-electron chi connectivity index (χ4n) is 2.34. The molecule has 3 aromatic rings. The molecule has 0 aliphatic carbocycles. The van der Waals surface area contributed by atoms with E-state index in [9.17, 15) is 4.39 Å². The largest absolute Gasteiger partial charge is 0.359 e. The molecule has 3 rings (SSSR count). The lowest BCUT2D eigenvalue weighted by atomic mass is 9.85. The van der Waals surface area contributed by atoms with Crippen LogP contribution in [0.2, 0.25) is 0 Å². The van der Waals surface area contributed by atoms with Crippen LogP contribution in [0.4, 0.5) is 9.52 Å². The zero-order valence-electron chi connectivity index (χ0n) is 13.8. The third kappa shape index (κ3) is 3.98. The van der Waals surface area contributed by atoms with Crippen LogP contribution in [-0.4, -0.2) is 20.9 Å². The van der Waals surface area contributed by atoms with Gasteiger partial charge in [-0.2, -0.15) is 14.6 Å². The van der Waals surface area contributed by atoms with Crippen LogP contribution in [0.25, 0.3) is 11.4 Å². The summed E-state index contributed by atoms with van der Waals surface area (Å²) in [7, 11) is 0. The molecule has 25 heavy (non-hydrogen) atoms. The van der Waals surface area contributed by atoms with Crippen molar-refractivity contribution in [3.63, 3.8) is 0 Å². The first kappa shape index (κ1) is 17.0. The van der Waals surface area contributed by atoms with E-state index in [4.69, 9.17) is 5.26 Å². The predicted molar refractivity (Wildman–Crippen MR) is 95.8 cm³/mol. The van der Waals surface area contributed by atoms with Crippen molar-refractivity contribution in [2.24, 2.45) is 0 Å². The second-order valence-electron chi connectivity index (χ2n) is 6.24. The molecule has 0 unspecified atom stereocenters. The molecule has 7 heteroatoms. The van der Waals surface area contributed by atoms with Gasteiger partial charge in [-0.15, -0.1) is 0 Å². The molecule has 0 aliphatic rings. The third-order valence-corrected chi connectivity index (χ3v) is 4.53. The van der Waals surface area contributed by atoms with Gasteiger partial charge < -0.3 is 5.32 Å². The minimum absolute atomic E-state index is 0.193. The van der Waals surface area contributed by atoms with E-state index in [1.807, 2.05) is 0 Å². The average Bonchev–Trinajstić information content (AvgIpc) is 3.10. The number of anilines is 1. The van der Waals surface area contributed by atoms with E-state index in [2.05, 4.69) is 39.6 Å². The summed E-state index contributed by atoms with van der Waals surface area (Å²) in [6.45, 7) is 4.79. The van der Waals surface area contributed by atoms with Gasteiger partial charge in [-0.25, -0.2) is 4.39 Å². The van der Waals surface area contributed by atoms with Gasteiger partial charge in [0, 0.05) is 41.4 Å². The van der Waals surface area contributed by atoms with Crippen molar-refractivity contribution in [2.75, 3.05) is 11.9 Å². The highest BCUT2D eigenvalue weighted by Crippen LogP contribution is 2.26. The van der Waals surface area contributed by atoms with Crippen molar-refractivity contribution >= 4 is 16.7 Å². The summed E-state index contributed by atoms with van der Waals surface area (Å²) < 4.78 is 17.4. The van der Waals surface area contributed by atoms with Gasteiger partial charge in [0.1, 0.15) is 11.9 Å². The van der Waals surface area contributed by atoms with E-state index in [-0.39, 0.29) is 11.2 Å². The van der Waals surface area contributed by atoms with Gasteiger partial charge in [-0.3, -0.25) is 4.98 Å². The number of pyridine rings is 1. The van der Waals surface area contributed by atoms with Crippen molar-refractivity contribution in [3.05, 3.63) is 59.7 Å². The van der Waals surface area contributed by atoms with E-state index < -0.39 is 0 Å². The van der Waals surface area contributed by atoms with Crippen LogP contribution < -0.4 is 5.32 Å². The maximum Gasteiger partial charge on any atom is 0.202 e. The molecule has 0 atom stereocenters.